The molecule has 0 spiro atoms. The monoisotopic (exact) mass is 753 g/mol. The van der Waals surface area contributed by atoms with E-state index in [1.165, 1.54) is 96.3 Å². The SMILES string of the molecule is CCCCCCCCOCCOCCO.CCCCCCCCOCCOCCO.CCCCCCCCOCCOCCO.O=P(O)(O)O. The summed E-state index contributed by atoms with van der Waals surface area (Å²) in [4.78, 5) is 21.6. The van der Waals surface area contributed by atoms with E-state index >= 15 is 0 Å². The summed E-state index contributed by atoms with van der Waals surface area (Å²) in [5.41, 5.74) is 0. The fraction of sp³-hybridized carbons (Fsp3) is 1.00. The molecule has 0 aromatic carbocycles. The van der Waals surface area contributed by atoms with Gasteiger partial charge in [-0.15, -0.1) is 0 Å². The molecule has 0 radical (unpaired) electrons. The van der Waals surface area contributed by atoms with Gasteiger partial charge in [-0.3, -0.25) is 0 Å². The Bertz CT molecular complexity index is 480. The van der Waals surface area contributed by atoms with Crippen molar-refractivity contribution in [2.45, 2.75) is 136 Å². The van der Waals surface area contributed by atoms with Crippen LogP contribution >= 0.6 is 7.82 Å². The van der Waals surface area contributed by atoms with Gasteiger partial charge in [0, 0.05) is 19.8 Å². The van der Waals surface area contributed by atoms with Crippen molar-refractivity contribution in [3.8, 4) is 0 Å². The third-order valence-corrected chi connectivity index (χ3v) is 6.75. The lowest BCUT2D eigenvalue weighted by molar-refractivity contribution is 0.0320. The molecule has 0 aromatic heterocycles. The first-order valence-electron chi connectivity index (χ1n) is 19.3. The van der Waals surface area contributed by atoms with Crippen molar-refractivity contribution in [3.63, 3.8) is 0 Å². The molecule has 0 bridgehead atoms. The molecule has 0 aromatic rings. The lowest BCUT2D eigenvalue weighted by Crippen LogP contribution is -2.07. The summed E-state index contributed by atoms with van der Waals surface area (Å²) in [7, 11) is -4.64. The highest BCUT2D eigenvalue weighted by atomic mass is 31.2. The summed E-state index contributed by atoms with van der Waals surface area (Å²) in [5.74, 6) is 0. The molecule has 308 valence electrons. The molecule has 14 heteroatoms. The maximum absolute atomic E-state index is 8.88. The zero-order chi connectivity index (χ0) is 38.1. The Morgan fingerprint density at radius 3 is 0.700 bits per heavy atom. The van der Waals surface area contributed by atoms with Crippen LogP contribution in [0.25, 0.3) is 0 Å². The number of hydrogen-bond donors (Lipinski definition) is 6. The Morgan fingerprint density at radius 1 is 0.320 bits per heavy atom. The topological polar surface area (TPSA) is 194 Å². The molecule has 0 aliphatic heterocycles. The molecular formula is C36H81O13P. The van der Waals surface area contributed by atoms with Gasteiger partial charge in [0.05, 0.1) is 79.3 Å². The Morgan fingerprint density at radius 2 is 0.500 bits per heavy atom. The third kappa shape index (κ3) is 81.7. The number of phosphoric acid groups is 1. The van der Waals surface area contributed by atoms with E-state index in [4.69, 9.17) is 63.0 Å². The quantitative estimate of drug-likeness (QED) is 0.0314. The fourth-order valence-electron chi connectivity index (χ4n) is 4.11. The predicted octanol–water partition coefficient (Wildman–Crippen LogP) is 6.19. The first kappa shape index (κ1) is 56.5. The molecule has 0 saturated carbocycles. The summed E-state index contributed by atoms with van der Waals surface area (Å²) >= 11 is 0. The van der Waals surface area contributed by atoms with Crippen LogP contribution < -0.4 is 0 Å². The molecular weight excluding hydrogens is 671 g/mol. The second-order valence-electron chi connectivity index (χ2n) is 11.7. The fourth-order valence-corrected chi connectivity index (χ4v) is 4.11. The minimum atomic E-state index is -4.64. The molecule has 50 heavy (non-hydrogen) atoms. The van der Waals surface area contributed by atoms with Crippen molar-refractivity contribution >= 4 is 7.82 Å². The van der Waals surface area contributed by atoms with Gasteiger partial charge >= 0.3 is 7.82 Å². The molecule has 0 saturated heterocycles. The van der Waals surface area contributed by atoms with E-state index in [2.05, 4.69) is 20.8 Å². The van der Waals surface area contributed by atoms with Crippen LogP contribution in [-0.4, -0.2) is 129 Å². The number of aliphatic hydroxyl groups is 3. The van der Waals surface area contributed by atoms with Gasteiger partial charge in [-0.1, -0.05) is 117 Å². The van der Waals surface area contributed by atoms with Crippen LogP contribution in [0.15, 0.2) is 0 Å². The average Bonchev–Trinajstić information content (AvgIpc) is 3.08. The summed E-state index contributed by atoms with van der Waals surface area (Å²) in [6, 6.07) is 0. The number of unbranched alkanes of at least 4 members (excludes halogenated alkanes) is 15. The van der Waals surface area contributed by atoms with Gasteiger partial charge in [-0.2, -0.15) is 0 Å². The van der Waals surface area contributed by atoms with Crippen LogP contribution in [0.1, 0.15) is 136 Å². The van der Waals surface area contributed by atoms with Gasteiger partial charge in [-0.25, -0.2) is 4.57 Å². The Hall–Kier alpha value is -0.250. The van der Waals surface area contributed by atoms with Crippen molar-refractivity contribution in [2.24, 2.45) is 0 Å². The normalized spacial score (nSPS) is 10.9. The number of rotatable bonds is 36. The molecule has 0 fully saturated rings. The average molecular weight is 753 g/mol. The second-order valence-corrected chi connectivity index (χ2v) is 12.7. The lowest BCUT2D eigenvalue weighted by Gasteiger charge is -2.04. The standard InChI is InChI=1S/3C12H26O3.H3O4P/c3*1-2-3-4-5-6-7-9-14-11-12-15-10-8-13;1-5(2,3)4/h3*13H,2-12H2,1H3;(H3,1,2,3,4). The highest BCUT2D eigenvalue weighted by Gasteiger charge is 2.00. The van der Waals surface area contributed by atoms with E-state index in [1.54, 1.807) is 0 Å². The van der Waals surface area contributed by atoms with Crippen LogP contribution in [0.4, 0.5) is 0 Å². The Balaban J connectivity index is -0.000000296. The van der Waals surface area contributed by atoms with Crippen molar-refractivity contribution in [1.29, 1.82) is 0 Å². The third-order valence-electron chi connectivity index (χ3n) is 6.75. The minimum Gasteiger partial charge on any atom is -0.394 e. The minimum absolute atomic E-state index is 0.0947. The Kier molecular flexibility index (Phi) is 62.7. The maximum Gasteiger partial charge on any atom is 0.466 e. The van der Waals surface area contributed by atoms with E-state index in [-0.39, 0.29) is 19.8 Å². The van der Waals surface area contributed by atoms with E-state index in [1.807, 2.05) is 0 Å². The van der Waals surface area contributed by atoms with Gasteiger partial charge in [0.15, 0.2) is 0 Å². The van der Waals surface area contributed by atoms with E-state index in [0.717, 1.165) is 39.1 Å². The van der Waals surface area contributed by atoms with Crippen molar-refractivity contribution in [1.82, 2.24) is 0 Å². The molecule has 0 heterocycles. The van der Waals surface area contributed by atoms with Gasteiger partial charge in [-0.05, 0) is 19.3 Å². The number of ether oxygens (including phenoxy) is 6. The zero-order valence-corrected chi connectivity index (χ0v) is 33.2. The molecule has 6 N–H and O–H groups in total. The van der Waals surface area contributed by atoms with Gasteiger partial charge in [0.25, 0.3) is 0 Å². The zero-order valence-electron chi connectivity index (χ0n) is 32.3. The summed E-state index contributed by atoms with van der Waals surface area (Å²) < 4.78 is 40.2. The number of hydrogen-bond acceptors (Lipinski definition) is 10. The first-order chi connectivity index (χ1) is 24.2. The molecule has 0 aliphatic rings. The van der Waals surface area contributed by atoms with Crippen LogP contribution in [0.3, 0.4) is 0 Å². The van der Waals surface area contributed by atoms with Gasteiger partial charge in [0.1, 0.15) is 0 Å². The molecule has 0 unspecified atom stereocenters. The van der Waals surface area contributed by atoms with Gasteiger partial charge in [0.2, 0.25) is 0 Å². The van der Waals surface area contributed by atoms with Crippen molar-refractivity contribution < 1.29 is 63.0 Å². The highest BCUT2D eigenvalue weighted by molar-refractivity contribution is 7.45. The molecule has 13 nitrogen and oxygen atoms in total. The number of aliphatic hydroxyl groups excluding tert-OH is 3. The second kappa shape index (κ2) is 55.5. The molecule has 0 rings (SSSR count). The molecule has 0 aliphatic carbocycles. The lowest BCUT2D eigenvalue weighted by atomic mass is 10.1. The van der Waals surface area contributed by atoms with E-state index in [9.17, 15) is 0 Å². The predicted molar refractivity (Wildman–Crippen MR) is 201 cm³/mol. The van der Waals surface area contributed by atoms with Crippen LogP contribution in [0, 0.1) is 0 Å². The van der Waals surface area contributed by atoms with E-state index < -0.39 is 7.82 Å². The maximum atomic E-state index is 8.88. The van der Waals surface area contributed by atoms with Gasteiger partial charge < -0.3 is 58.4 Å². The molecule has 0 atom stereocenters. The largest absolute Gasteiger partial charge is 0.466 e. The van der Waals surface area contributed by atoms with Crippen LogP contribution in [0.5, 0.6) is 0 Å². The van der Waals surface area contributed by atoms with E-state index in [0.29, 0.717) is 59.5 Å². The van der Waals surface area contributed by atoms with Crippen molar-refractivity contribution in [3.05, 3.63) is 0 Å². The summed E-state index contributed by atoms with van der Waals surface area (Å²) in [6.45, 7) is 14.5. The highest BCUT2D eigenvalue weighted by Crippen LogP contribution is 2.25. The van der Waals surface area contributed by atoms with Crippen LogP contribution in [0.2, 0.25) is 0 Å². The van der Waals surface area contributed by atoms with Crippen molar-refractivity contribution in [2.75, 3.05) is 99.1 Å². The Labute approximate surface area is 306 Å². The molecule has 0 amide bonds. The summed E-state index contributed by atoms with van der Waals surface area (Å²) in [5, 5.41) is 25.3. The smallest absolute Gasteiger partial charge is 0.394 e. The summed E-state index contributed by atoms with van der Waals surface area (Å²) in [6.07, 6.45) is 23.3. The van der Waals surface area contributed by atoms with Crippen LogP contribution in [-0.2, 0) is 33.0 Å². The first-order valence-corrected chi connectivity index (χ1v) is 20.9.